The van der Waals surface area contributed by atoms with Gasteiger partial charge in [-0.15, -0.1) is 0 Å². The van der Waals surface area contributed by atoms with Crippen molar-refractivity contribution in [2.45, 2.75) is 44.2 Å². The molecule has 0 spiro atoms. The fourth-order valence-electron chi connectivity index (χ4n) is 2.62. The zero-order valence-electron chi connectivity index (χ0n) is 9.09. The molecule has 5 nitrogen and oxygen atoms in total. The average molecular weight is 224 g/mol. The minimum Gasteiger partial charge on any atom is -0.346 e. The van der Waals surface area contributed by atoms with Crippen LogP contribution in [-0.4, -0.2) is 22.9 Å². The first kappa shape index (κ1) is 11.1. The lowest BCUT2D eigenvalue weighted by molar-refractivity contribution is -0.530. The number of amides is 1. The molecule has 5 heteroatoms. The predicted molar refractivity (Wildman–Crippen MR) is 58.4 cm³/mol. The lowest BCUT2D eigenvalue weighted by Gasteiger charge is -2.33. The third-order valence-electron chi connectivity index (χ3n) is 3.50. The highest BCUT2D eigenvalue weighted by atomic mass is 16.6. The Morgan fingerprint density at radius 1 is 1.38 bits per heavy atom. The van der Waals surface area contributed by atoms with Gasteiger partial charge >= 0.3 is 0 Å². The second kappa shape index (κ2) is 4.63. The summed E-state index contributed by atoms with van der Waals surface area (Å²) in [6.45, 7) is 0. The molecule has 3 atom stereocenters. The highest BCUT2D eigenvalue weighted by Crippen LogP contribution is 2.28. The molecule has 1 aliphatic carbocycles. The van der Waals surface area contributed by atoms with Crippen LogP contribution in [0.5, 0.6) is 0 Å². The Balaban J connectivity index is 2.10. The zero-order valence-corrected chi connectivity index (χ0v) is 9.09. The molecule has 16 heavy (non-hydrogen) atoms. The van der Waals surface area contributed by atoms with Gasteiger partial charge in [0.2, 0.25) is 11.9 Å². The summed E-state index contributed by atoms with van der Waals surface area (Å²) in [7, 11) is 0. The molecule has 0 radical (unpaired) electrons. The fourth-order valence-corrected chi connectivity index (χ4v) is 2.62. The number of nitrogens with zero attached hydrogens (tertiary/aromatic N) is 1. The van der Waals surface area contributed by atoms with Crippen molar-refractivity contribution >= 4 is 5.91 Å². The molecule has 1 N–H and O–H groups in total. The number of hydrogen-bond donors (Lipinski definition) is 1. The van der Waals surface area contributed by atoms with Crippen LogP contribution in [0.1, 0.15) is 32.1 Å². The molecule has 0 aromatic carbocycles. The Morgan fingerprint density at radius 2 is 2.19 bits per heavy atom. The van der Waals surface area contributed by atoms with Crippen molar-refractivity contribution in [2.75, 3.05) is 0 Å². The third kappa shape index (κ3) is 2.23. The number of rotatable bonds is 2. The molecule has 1 amide bonds. The first-order valence-corrected chi connectivity index (χ1v) is 5.76. The quantitative estimate of drug-likeness (QED) is 0.436. The van der Waals surface area contributed by atoms with Gasteiger partial charge < -0.3 is 5.32 Å². The standard InChI is InChI=1S/C11H16N2O3/c14-10-7-6-9(13(15)16)11(12-10)8-4-2-1-3-5-8/h1-2,8-9,11H,3-7H2,(H,12,14)/t8-,9+,11-/m0/s1. The van der Waals surface area contributed by atoms with Crippen molar-refractivity contribution in [3.05, 3.63) is 22.3 Å². The largest absolute Gasteiger partial charge is 0.346 e. The van der Waals surface area contributed by atoms with E-state index in [1.807, 2.05) is 0 Å². The second-order valence-corrected chi connectivity index (χ2v) is 4.53. The van der Waals surface area contributed by atoms with Gasteiger partial charge in [0, 0.05) is 17.8 Å². The summed E-state index contributed by atoms with van der Waals surface area (Å²) in [5, 5.41) is 13.8. The number of hydrogen-bond acceptors (Lipinski definition) is 3. The Kier molecular flexibility index (Phi) is 3.22. The van der Waals surface area contributed by atoms with E-state index in [1.165, 1.54) is 0 Å². The molecular weight excluding hydrogens is 208 g/mol. The summed E-state index contributed by atoms with van der Waals surface area (Å²) < 4.78 is 0. The molecule has 0 unspecified atom stereocenters. The number of nitro groups is 1. The summed E-state index contributed by atoms with van der Waals surface area (Å²) in [5.41, 5.74) is 0. The van der Waals surface area contributed by atoms with Crippen LogP contribution in [0.2, 0.25) is 0 Å². The summed E-state index contributed by atoms with van der Waals surface area (Å²) in [4.78, 5) is 22.0. The molecule has 1 aliphatic heterocycles. The van der Waals surface area contributed by atoms with Gasteiger partial charge in [0.05, 0.1) is 6.04 Å². The van der Waals surface area contributed by atoms with Crippen LogP contribution >= 0.6 is 0 Å². The Bertz CT molecular complexity index is 327. The van der Waals surface area contributed by atoms with Crippen molar-refractivity contribution in [1.82, 2.24) is 5.32 Å². The highest BCUT2D eigenvalue weighted by molar-refractivity contribution is 5.77. The maximum Gasteiger partial charge on any atom is 0.233 e. The van der Waals surface area contributed by atoms with Gasteiger partial charge in [-0.05, 0) is 25.2 Å². The maximum absolute atomic E-state index is 11.3. The van der Waals surface area contributed by atoms with E-state index in [1.54, 1.807) is 0 Å². The smallest absolute Gasteiger partial charge is 0.233 e. The molecule has 0 saturated carbocycles. The van der Waals surface area contributed by atoms with Crippen molar-refractivity contribution < 1.29 is 9.72 Å². The van der Waals surface area contributed by atoms with Crippen molar-refractivity contribution in [1.29, 1.82) is 0 Å². The minimum absolute atomic E-state index is 0.0438. The zero-order chi connectivity index (χ0) is 11.5. The van der Waals surface area contributed by atoms with Gasteiger partial charge in [-0.3, -0.25) is 14.9 Å². The molecule has 1 fully saturated rings. The normalized spacial score (nSPS) is 34.5. The summed E-state index contributed by atoms with van der Waals surface area (Å²) in [6.07, 6.45) is 7.56. The first-order valence-electron chi connectivity index (χ1n) is 5.76. The van der Waals surface area contributed by atoms with Gasteiger partial charge in [-0.2, -0.15) is 0 Å². The van der Waals surface area contributed by atoms with Crippen LogP contribution in [0.25, 0.3) is 0 Å². The van der Waals surface area contributed by atoms with Crippen molar-refractivity contribution in [3.8, 4) is 0 Å². The molecule has 0 aromatic rings. The van der Waals surface area contributed by atoms with Crippen molar-refractivity contribution in [2.24, 2.45) is 5.92 Å². The topological polar surface area (TPSA) is 72.2 Å². The lowest BCUT2D eigenvalue weighted by Crippen LogP contribution is -2.55. The number of carbonyl (C=O) groups excluding carboxylic acids is 1. The number of carbonyl (C=O) groups is 1. The Morgan fingerprint density at radius 3 is 2.81 bits per heavy atom. The SMILES string of the molecule is O=C1CC[C@@H]([N+](=O)[O-])[C@H]([C@H]2CC=CCC2)N1. The summed E-state index contributed by atoms with van der Waals surface area (Å²) in [6, 6.07) is -0.879. The molecule has 0 bridgehead atoms. The van der Waals surface area contributed by atoms with E-state index in [0.717, 1.165) is 19.3 Å². The molecule has 1 saturated heterocycles. The summed E-state index contributed by atoms with van der Waals surface area (Å²) >= 11 is 0. The number of piperidine rings is 1. The van der Waals surface area contributed by atoms with Crippen LogP contribution in [0, 0.1) is 16.0 Å². The first-order chi connectivity index (χ1) is 7.68. The van der Waals surface area contributed by atoms with E-state index < -0.39 is 6.04 Å². The lowest BCUT2D eigenvalue weighted by atomic mass is 9.81. The van der Waals surface area contributed by atoms with E-state index in [0.29, 0.717) is 6.42 Å². The average Bonchev–Trinajstić information content (AvgIpc) is 2.29. The monoisotopic (exact) mass is 224 g/mol. The Labute approximate surface area is 94.1 Å². The van der Waals surface area contributed by atoms with Crippen LogP contribution in [0.4, 0.5) is 0 Å². The molecule has 0 aromatic heterocycles. The fraction of sp³-hybridized carbons (Fsp3) is 0.727. The molecule has 1 heterocycles. The predicted octanol–water partition coefficient (Wildman–Crippen LogP) is 1.27. The molecule has 2 aliphatic rings. The molecule has 2 rings (SSSR count). The van der Waals surface area contributed by atoms with Gasteiger partial charge in [0.15, 0.2) is 0 Å². The summed E-state index contributed by atoms with van der Waals surface area (Å²) in [5.74, 6) is 0.183. The number of allylic oxidation sites excluding steroid dienone is 2. The van der Waals surface area contributed by atoms with E-state index in [4.69, 9.17) is 0 Å². The van der Waals surface area contributed by atoms with Gasteiger partial charge in [0.25, 0.3) is 0 Å². The molecular formula is C11H16N2O3. The second-order valence-electron chi connectivity index (χ2n) is 4.53. The number of nitrogens with one attached hydrogen (secondary N) is 1. The Hall–Kier alpha value is -1.39. The van der Waals surface area contributed by atoms with Crippen LogP contribution in [-0.2, 0) is 4.79 Å². The van der Waals surface area contributed by atoms with Gasteiger partial charge in [-0.25, -0.2) is 0 Å². The van der Waals surface area contributed by atoms with Crippen molar-refractivity contribution in [3.63, 3.8) is 0 Å². The van der Waals surface area contributed by atoms with Crippen LogP contribution in [0.3, 0.4) is 0 Å². The van der Waals surface area contributed by atoms with Gasteiger partial charge in [-0.1, -0.05) is 12.2 Å². The highest BCUT2D eigenvalue weighted by Gasteiger charge is 2.41. The minimum atomic E-state index is -0.603. The maximum atomic E-state index is 11.3. The van der Waals surface area contributed by atoms with E-state index in [2.05, 4.69) is 17.5 Å². The third-order valence-corrected chi connectivity index (χ3v) is 3.50. The van der Waals surface area contributed by atoms with Crippen LogP contribution in [0.15, 0.2) is 12.2 Å². The molecule has 88 valence electrons. The van der Waals surface area contributed by atoms with Gasteiger partial charge in [0.1, 0.15) is 0 Å². The van der Waals surface area contributed by atoms with E-state index in [9.17, 15) is 14.9 Å². The van der Waals surface area contributed by atoms with E-state index >= 15 is 0 Å². The van der Waals surface area contributed by atoms with Crippen LogP contribution < -0.4 is 5.32 Å². The van der Waals surface area contributed by atoms with E-state index in [-0.39, 0.29) is 29.2 Å².